The molecule has 102 valence electrons. The molecule has 0 saturated carbocycles. The van der Waals surface area contributed by atoms with Crippen molar-refractivity contribution in [3.63, 3.8) is 0 Å². The molecule has 2 rings (SSSR count). The molecular weight excluding hydrogens is 272 g/mol. The summed E-state index contributed by atoms with van der Waals surface area (Å²) < 4.78 is 25.7. The zero-order chi connectivity index (χ0) is 13.2. The third-order valence-electron chi connectivity index (χ3n) is 3.02. The lowest BCUT2D eigenvalue weighted by Gasteiger charge is -2.20. The highest BCUT2D eigenvalue weighted by Crippen LogP contribution is 2.15. The van der Waals surface area contributed by atoms with E-state index < -0.39 is 9.84 Å². The van der Waals surface area contributed by atoms with Crippen LogP contribution in [0.4, 0.5) is 5.95 Å². The van der Waals surface area contributed by atoms with E-state index in [2.05, 4.69) is 17.1 Å². The molecule has 0 aliphatic carbocycles. The SMILES string of the molecule is CCCn1c(N2CCCS(=O)(=O)CC2)n[nH]c1=S. The van der Waals surface area contributed by atoms with Crippen molar-refractivity contribution in [3.05, 3.63) is 4.77 Å². The molecule has 0 bridgehead atoms. The highest BCUT2D eigenvalue weighted by atomic mass is 32.2. The van der Waals surface area contributed by atoms with Crippen LogP contribution in [0.25, 0.3) is 0 Å². The van der Waals surface area contributed by atoms with Crippen molar-refractivity contribution in [2.24, 2.45) is 0 Å². The molecule has 1 aliphatic rings. The maximum atomic E-state index is 11.6. The normalized spacial score (nSPS) is 19.7. The van der Waals surface area contributed by atoms with Gasteiger partial charge in [0.25, 0.3) is 0 Å². The first kappa shape index (κ1) is 13.5. The molecule has 0 unspecified atom stereocenters. The number of rotatable bonds is 3. The lowest BCUT2D eigenvalue weighted by atomic mass is 10.4. The van der Waals surface area contributed by atoms with Gasteiger partial charge < -0.3 is 4.90 Å². The number of nitrogens with zero attached hydrogens (tertiary/aromatic N) is 3. The van der Waals surface area contributed by atoms with Crippen LogP contribution in [0, 0.1) is 4.77 Å². The Morgan fingerprint density at radius 1 is 1.39 bits per heavy atom. The Bertz CT molecular complexity index is 561. The van der Waals surface area contributed by atoms with Crippen molar-refractivity contribution in [2.45, 2.75) is 26.3 Å². The number of hydrogen-bond acceptors (Lipinski definition) is 5. The van der Waals surface area contributed by atoms with Crippen LogP contribution < -0.4 is 4.90 Å². The van der Waals surface area contributed by atoms with Crippen LogP contribution >= 0.6 is 12.2 Å². The van der Waals surface area contributed by atoms with E-state index in [0.717, 1.165) is 18.9 Å². The molecule has 1 N–H and O–H groups in total. The van der Waals surface area contributed by atoms with Crippen molar-refractivity contribution < 1.29 is 8.42 Å². The van der Waals surface area contributed by atoms with Crippen molar-refractivity contribution in [1.82, 2.24) is 14.8 Å². The summed E-state index contributed by atoms with van der Waals surface area (Å²) in [5.41, 5.74) is 0. The molecule has 0 spiro atoms. The first-order valence-corrected chi connectivity index (χ1v) is 8.37. The van der Waals surface area contributed by atoms with Crippen LogP contribution in [0.15, 0.2) is 0 Å². The summed E-state index contributed by atoms with van der Waals surface area (Å²) in [6.45, 7) is 4.08. The minimum Gasteiger partial charge on any atom is -0.340 e. The number of sulfone groups is 1. The van der Waals surface area contributed by atoms with Gasteiger partial charge in [-0.25, -0.2) is 13.5 Å². The lowest BCUT2D eigenvalue weighted by Crippen LogP contribution is -2.29. The minimum atomic E-state index is -2.89. The summed E-state index contributed by atoms with van der Waals surface area (Å²) in [7, 11) is -2.89. The van der Waals surface area contributed by atoms with Gasteiger partial charge in [-0.15, -0.1) is 5.10 Å². The van der Waals surface area contributed by atoms with E-state index in [1.807, 2.05) is 9.47 Å². The van der Waals surface area contributed by atoms with Crippen LogP contribution in [0.2, 0.25) is 0 Å². The smallest absolute Gasteiger partial charge is 0.225 e. The van der Waals surface area contributed by atoms with Crippen molar-refractivity contribution in [1.29, 1.82) is 0 Å². The van der Waals surface area contributed by atoms with Crippen LogP contribution in [0.5, 0.6) is 0 Å². The molecule has 1 fully saturated rings. The molecule has 0 aromatic carbocycles. The first-order chi connectivity index (χ1) is 8.53. The Labute approximate surface area is 112 Å². The van der Waals surface area contributed by atoms with Gasteiger partial charge in [0.2, 0.25) is 5.95 Å². The number of H-pyrrole nitrogens is 1. The van der Waals surface area contributed by atoms with Crippen LogP contribution in [-0.2, 0) is 16.4 Å². The monoisotopic (exact) mass is 290 g/mol. The zero-order valence-electron chi connectivity index (χ0n) is 10.4. The predicted molar refractivity (Wildman–Crippen MR) is 73.2 cm³/mol. The summed E-state index contributed by atoms with van der Waals surface area (Å²) in [5, 5.41) is 7.01. The van der Waals surface area contributed by atoms with Gasteiger partial charge in [0.05, 0.1) is 11.5 Å². The maximum absolute atomic E-state index is 11.6. The predicted octanol–water partition coefficient (Wildman–Crippen LogP) is 0.976. The van der Waals surface area contributed by atoms with E-state index in [4.69, 9.17) is 12.2 Å². The lowest BCUT2D eigenvalue weighted by molar-refractivity contribution is 0.597. The molecule has 0 radical (unpaired) electrons. The van der Waals surface area contributed by atoms with E-state index in [-0.39, 0.29) is 11.5 Å². The molecule has 1 saturated heterocycles. The van der Waals surface area contributed by atoms with Crippen molar-refractivity contribution >= 4 is 28.0 Å². The van der Waals surface area contributed by atoms with E-state index in [1.54, 1.807) is 0 Å². The molecular formula is C10H18N4O2S2. The number of aromatic nitrogens is 3. The van der Waals surface area contributed by atoms with Gasteiger partial charge in [-0.2, -0.15) is 0 Å². The quantitative estimate of drug-likeness (QED) is 0.840. The van der Waals surface area contributed by atoms with Crippen molar-refractivity contribution in [3.8, 4) is 0 Å². The Kier molecular flexibility index (Phi) is 4.06. The van der Waals surface area contributed by atoms with E-state index in [9.17, 15) is 8.42 Å². The Balaban J connectivity index is 2.24. The number of anilines is 1. The second-order valence-corrected chi connectivity index (χ2v) is 7.16. The molecule has 1 aromatic rings. The highest BCUT2D eigenvalue weighted by molar-refractivity contribution is 7.91. The zero-order valence-corrected chi connectivity index (χ0v) is 12.1. The summed E-state index contributed by atoms with van der Waals surface area (Å²) in [6, 6.07) is 0. The molecule has 1 aliphatic heterocycles. The van der Waals surface area contributed by atoms with E-state index in [1.165, 1.54) is 0 Å². The fourth-order valence-electron chi connectivity index (χ4n) is 2.11. The molecule has 1 aromatic heterocycles. The van der Waals surface area contributed by atoms with Crippen LogP contribution in [0.1, 0.15) is 19.8 Å². The first-order valence-electron chi connectivity index (χ1n) is 6.14. The third-order valence-corrected chi connectivity index (χ3v) is 5.05. The van der Waals surface area contributed by atoms with Gasteiger partial charge in [-0.1, -0.05) is 6.92 Å². The van der Waals surface area contributed by atoms with Crippen LogP contribution in [-0.4, -0.2) is 47.8 Å². The van der Waals surface area contributed by atoms with Gasteiger partial charge >= 0.3 is 0 Å². The molecule has 2 heterocycles. The Morgan fingerprint density at radius 3 is 2.89 bits per heavy atom. The topological polar surface area (TPSA) is 71.0 Å². The Hall–Kier alpha value is -0.890. The fourth-order valence-corrected chi connectivity index (χ4v) is 3.60. The van der Waals surface area contributed by atoms with Gasteiger partial charge in [0, 0.05) is 19.6 Å². The van der Waals surface area contributed by atoms with Gasteiger partial charge in [-0.05, 0) is 25.1 Å². The van der Waals surface area contributed by atoms with Gasteiger partial charge in [0.15, 0.2) is 14.6 Å². The maximum Gasteiger partial charge on any atom is 0.225 e. The van der Waals surface area contributed by atoms with Crippen molar-refractivity contribution in [2.75, 3.05) is 29.5 Å². The van der Waals surface area contributed by atoms with Gasteiger partial charge in [-0.3, -0.25) is 4.57 Å². The average molecular weight is 290 g/mol. The molecule has 18 heavy (non-hydrogen) atoms. The van der Waals surface area contributed by atoms with Crippen LogP contribution in [0.3, 0.4) is 0 Å². The fraction of sp³-hybridized carbons (Fsp3) is 0.800. The highest BCUT2D eigenvalue weighted by Gasteiger charge is 2.22. The van der Waals surface area contributed by atoms with E-state index in [0.29, 0.717) is 24.3 Å². The molecule has 8 heteroatoms. The van der Waals surface area contributed by atoms with E-state index >= 15 is 0 Å². The molecule has 0 amide bonds. The van der Waals surface area contributed by atoms with Gasteiger partial charge in [0.1, 0.15) is 0 Å². The Morgan fingerprint density at radius 2 is 2.17 bits per heavy atom. The summed E-state index contributed by atoms with van der Waals surface area (Å²) in [4.78, 5) is 2.01. The number of nitrogens with one attached hydrogen (secondary N) is 1. The average Bonchev–Trinajstić information content (AvgIpc) is 2.56. The summed E-state index contributed by atoms with van der Waals surface area (Å²) in [5.74, 6) is 1.22. The molecule has 6 nitrogen and oxygen atoms in total. The molecule has 0 atom stereocenters. The summed E-state index contributed by atoms with van der Waals surface area (Å²) in [6.07, 6.45) is 1.61. The largest absolute Gasteiger partial charge is 0.340 e. The number of hydrogen-bond donors (Lipinski definition) is 1. The second kappa shape index (κ2) is 5.40. The standard InChI is InChI=1S/C10H18N4O2S2/c1-2-4-14-9(11-12-10(14)17)13-5-3-7-18(15,16)8-6-13/h2-8H2,1H3,(H,12,17). The number of aromatic amines is 1. The minimum absolute atomic E-state index is 0.193. The third kappa shape index (κ3) is 2.92. The summed E-state index contributed by atoms with van der Waals surface area (Å²) >= 11 is 5.19. The second-order valence-electron chi connectivity index (χ2n) is 4.47.